The third-order valence-corrected chi connectivity index (χ3v) is 2.66. The van der Waals surface area contributed by atoms with Crippen LogP contribution in [0.5, 0.6) is 5.75 Å². The molecule has 4 nitrogen and oxygen atoms in total. The molecular formula is C14H12FN3O. The van der Waals surface area contributed by atoms with Crippen LogP contribution < -0.4 is 15.8 Å². The van der Waals surface area contributed by atoms with E-state index in [0.29, 0.717) is 28.4 Å². The Kier molecular flexibility index (Phi) is 3.53. The van der Waals surface area contributed by atoms with Crippen LogP contribution in [0, 0.1) is 17.1 Å². The molecule has 5 heteroatoms. The Balaban J connectivity index is 2.40. The Morgan fingerprint density at radius 1 is 1.26 bits per heavy atom. The van der Waals surface area contributed by atoms with Gasteiger partial charge >= 0.3 is 0 Å². The molecule has 0 spiro atoms. The Bertz CT molecular complexity index is 650. The average molecular weight is 257 g/mol. The maximum absolute atomic E-state index is 13.1. The van der Waals surface area contributed by atoms with Crippen LogP contribution in [0.3, 0.4) is 0 Å². The number of hydrogen-bond donors (Lipinski definition) is 2. The Morgan fingerprint density at radius 3 is 2.74 bits per heavy atom. The number of methoxy groups -OCH3 is 1. The minimum atomic E-state index is -0.388. The second kappa shape index (κ2) is 5.27. The van der Waals surface area contributed by atoms with Crippen molar-refractivity contribution in [3.63, 3.8) is 0 Å². The zero-order chi connectivity index (χ0) is 13.8. The Labute approximate surface area is 110 Å². The fraction of sp³-hybridized carbons (Fsp3) is 0.0714. The molecular weight excluding hydrogens is 245 g/mol. The summed E-state index contributed by atoms with van der Waals surface area (Å²) in [5, 5.41) is 11.9. The highest BCUT2D eigenvalue weighted by atomic mass is 19.1. The smallest absolute Gasteiger partial charge is 0.145 e. The maximum Gasteiger partial charge on any atom is 0.145 e. The number of ether oxygens (including phenoxy) is 1. The maximum atomic E-state index is 13.1. The first-order valence-electron chi connectivity index (χ1n) is 5.55. The SMILES string of the molecule is COc1cc(F)ccc1Nc1cccc(C#N)c1N. The van der Waals surface area contributed by atoms with Crippen molar-refractivity contribution in [3.05, 3.63) is 47.8 Å². The second-order valence-electron chi connectivity index (χ2n) is 3.85. The number of para-hydroxylation sites is 1. The fourth-order valence-corrected chi connectivity index (χ4v) is 1.69. The molecule has 2 aromatic rings. The Hall–Kier alpha value is -2.74. The number of nitrogens with zero attached hydrogens (tertiary/aromatic N) is 1. The lowest BCUT2D eigenvalue weighted by atomic mass is 10.1. The first kappa shape index (κ1) is 12.7. The number of anilines is 3. The molecule has 0 saturated heterocycles. The van der Waals surface area contributed by atoms with Crippen molar-refractivity contribution in [2.75, 3.05) is 18.2 Å². The van der Waals surface area contributed by atoms with Gasteiger partial charge in [-0.25, -0.2) is 4.39 Å². The van der Waals surface area contributed by atoms with Gasteiger partial charge in [0, 0.05) is 6.07 Å². The normalized spacial score (nSPS) is 9.74. The van der Waals surface area contributed by atoms with Crippen LogP contribution in [-0.4, -0.2) is 7.11 Å². The van der Waals surface area contributed by atoms with E-state index in [-0.39, 0.29) is 5.82 Å². The third kappa shape index (κ3) is 2.58. The van der Waals surface area contributed by atoms with Crippen LogP contribution in [0.25, 0.3) is 0 Å². The number of rotatable bonds is 3. The minimum Gasteiger partial charge on any atom is -0.494 e. The van der Waals surface area contributed by atoms with Crippen LogP contribution in [-0.2, 0) is 0 Å². The van der Waals surface area contributed by atoms with Crippen molar-refractivity contribution in [2.24, 2.45) is 0 Å². The van der Waals surface area contributed by atoms with Gasteiger partial charge in [-0.15, -0.1) is 0 Å². The van der Waals surface area contributed by atoms with E-state index in [1.165, 1.54) is 19.2 Å². The van der Waals surface area contributed by atoms with Crippen LogP contribution in [0.1, 0.15) is 5.56 Å². The van der Waals surface area contributed by atoms with Gasteiger partial charge in [-0.05, 0) is 24.3 Å². The predicted octanol–water partition coefficient (Wildman–Crippen LogP) is 3.03. The Morgan fingerprint density at radius 2 is 2.05 bits per heavy atom. The van der Waals surface area contributed by atoms with Gasteiger partial charge in [-0.3, -0.25) is 0 Å². The summed E-state index contributed by atoms with van der Waals surface area (Å²) in [4.78, 5) is 0. The summed E-state index contributed by atoms with van der Waals surface area (Å²) in [7, 11) is 1.45. The highest BCUT2D eigenvalue weighted by Crippen LogP contribution is 2.31. The number of halogens is 1. The predicted molar refractivity (Wildman–Crippen MR) is 71.8 cm³/mol. The van der Waals surface area contributed by atoms with E-state index in [4.69, 9.17) is 15.7 Å². The molecule has 0 aliphatic carbocycles. The van der Waals surface area contributed by atoms with Gasteiger partial charge in [-0.2, -0.15) is 5.26 Å². The number of nitriles is 1. The first-order chi connectivity index (χ1) is 9.15. The number of nitrogens with two attached hydrogens (primary N) is 1. The summed E-state index contributed by atoms with van der Waals surface area (Å²) >= 11 is 0. The average Bonchev–Trinajstić information content (AvgIpc) is 2.42. The number of nitrogens with one attached hydrogen (secondary N) is 1. The highest BCUT2D eigenvalue weighted by molar-refractivity contribution is 5.79. The standard InChI is InChI=1S/C14H12FN3O/c1-19-13-7-10(15)5-6-11(13)18-12-4-2-3-9(8-16)14(12)17/h2-7,18H,17H2,1H3. The molecule has 2 rings (SSSR count). The van der Waals surface area contributed by atoms with Gasteiger partial charge in [-0.1, -0.05) is 6.07 Å². The molecule has 0 atom stereocenters. The van der Waals surface area contributed by atoms with Gasteiger partial charge < -0.3 is 15.8 Å². The van der Waals surface area contributed by atoms with E-state index in [0.717, 1.165) is 0 Å². The number of nitrogen functional groups attached to an aromatic ring is 1. The monoisotopic (exact) mass is 257 g/mol. The molecule has 3 N–H and O–H groups in total. The fourth-order valence-electron chi connectivity index (χ4n) is 1.69. The topological polar surface area (TPSA) is 71.1 Å². The van der Waals surface area contributed by atoms with Gasteiger partial charge in [0.2, 0.25) is 0 Å². The van der Waals surface area contributed by atoms with Crippen molar-refractivity contribution in [1.29, 1.82) is 5.26 Å². The van der Waals surface area contributed by atoms with E-state index in [9.17, 15) is 4.39 Å². The minimum absolute atomic E-state index is 0.344. The van der Waals surface area contributed by atoms with E-state index in [1.54, 1.807) is 24.3 Å². The summed E-state index contributed by atoms with van der Waals surface area (Å²) < 4.78 is 18.2. The zero-order valence-corrected chi connectivity index (χ0v) is 10.3. The highest BCUT2D eigenvalue weighted by Gasteiger charge is 2.08. The van der Waals surface area contributed by atoms with Crippen LogP contribution in [0.15, 0.2) is 36.4 Å². The second-order valence-corrected chi connectivity index (χ2v) is 3.85. The van der Waals surface area contributed by atoms with Crippen molar-refractivity contribution >= 4 is 17.1 Å². The summed E-state index contributed by atoms with van der Waals surface area (Å²) in [5.41, 5.74) is 7.74. The van der Waals surface area contributed by atoms with Gasteiger partial charge in [0.15, 0.2) is 0 Å². The van der Waals surface area contributed by atoms with Crippen LogP contribution >= 0.6 is 0 Å². The zero-order valence-electron chi connectivity index (χ0n) is 10.3. The van der Waals surface area contributed by atoms with E-state index >= 15 is 0 Å². The molecule has 19 heavy (non-hydrogen) atoms. The summed E-state index contributed by atoms with van der Waals surface area (Å²) in [6, 6.07) is 11.2. The molecule has 0 aromatic heterocycles. The molecule has 0 fully saturated rings. The lowest BCUT2D eigenvalue weighted by Crippen LogP contribution is -2.00. The molecule has 0 saturated carbocycles. The molecule has 0 bridgehead atoms. The van der Waals surface area contributed by atoms with Crippen molar-refractivity contribution < 1.29 is 9.13 Å². The number of hydrogen-bond acceptors (Lipinski definition) is 4. The van der Waals surface area contributed by atoms with Crippen LogP contribution in [0.2, 0.25) is 0 Å². The third-order valence-electron chi connectivity index (χ3n) is 2.66. The molecule has 0 aliphatic rings. The molecule has 2 aromatic carbocycles. The molecule has 0 radical (unpaired) electrons. The van der Waals surface area contributed by atoms with Crippen molar-refractivity contribution in [3.8, 4) is 11.8 Å². The van der Waals surface area contributed by atoms with Gasteiger partial charge in [0.1, 0.15) is 17.6 Å². The lowest BCUT2D eigenvalue weighted by Gasteiger charge is -2.13. The number of benzene rings is 2. The van der Waals surface area contributed by atoms with Crippen LogP contribution in [0.4, 0.5) is 21.5 Å². The van der Waals surface area contributed by atoms with E-state index in [2.05, 4.69) is 5.32 Å². The van der Waals surface area contributed by atoms with Gasteiger partial charge in [0.05, 0.1) is 29.7 Å². The van der Waals surface area contributed by atoms with E-state index in [1.807, 2.05) is 6.07 Å². The van der Waals surface area contributed by atoms with Gasteiger partial charge in [0.25, 0.3) is 0 Å². The quantitative estimate of drug-likeness (QED) is 0.829. The van der Waals surface area contributed by atoms with E-state index < -0.39 is 0 Å². The van der Waals surface area contributed by atoms with Crippen molar-refractivity contribution in [1.82, 2.24) is 0 Å². The molecule has 0 unspecified atom stereocenters. The van der Waals surface area contributed by atoms with Crippen molar-refractivity contribution in [2.45, 2.75) is 0 Å². The summed E-state index contributed by atoms with van der Waals surface area (Å²) in [6.07, 6.45) is 0. The summed E-state index contributed by atoms with van der Waals surface area (Å²) in [5.74, 6) is -0.0251. The molecule has 96 valence electrons. The largest absolute Gasteiger partial charge is 0.494 e. The molecule has 0 aliphatic heterocycles. The first-order valence-corrected chi connectivity index (χ1v) is 5.55. The lowest BCUT2D eigenvalue weighted by molar-refractivity contribution is 0.413. The summed E-state index contributed by atoms with van der Waals surface area (Å²) in [6.45, 7) is 0. The molecule has 0 amide bonds. The molecule has 0 heterocycles.